The topological polar surface area (TPSA) is 63.9 Å². The smallest absolute Gasteiger partial charge is 0.0906 e. The molecule has 0 rings (SSSR count). The minimum atomic E-state index is -0.879. The molecule has 0 aromatic rings. The molecule has 0 aliphatic rings. The van der Waals surface area contributed by atoms with Crippen LogP contribution in [0.25, 0.3) is 0 Å². The zero-order valence-electron chi connectivity index (χ0n) is 24.8. The fourth-order valence-electron chi connectivity index (χ4n) is 5.32. The molecule has 0 amide bonds. The average Bonchev–Trinajstić information content (AvgIpc) is 2.90. The van der Waals surface area contributed by atoms with Gasteiger partial charge in [-0.2, -0.15) is 0 Å². The van der Waals surface area contributed by atoms with E-state index in [1.807, 2.05) is 0 Å². The second-order valence-electron chi connectivity index (χ2n) is 11.5. The molecular weight excluding hydrogens is 446 g/mol. The van der Waals surface area contributed by atoms with Crippen LogP contribution in [0, 0.1) is 0 Å². The van der Waals surface area contributed by atoms with Gasteiger partial charge in [-0.3, -0.25) is 4.90 Å². The lowest BCUT2D eigenvalue weighted by Crippen LogP contribution is -2.57. The van der Waals surface area contributed by atoms with Gasteiger partial charge in [0.1, 0.15) is 0 Å². The van der Waals surface area contributed by atoms with Gasteiger partial charge in [0.25, 0.3) is 0 Å². The maximum absolute atomic E-state index is 9.97. The van der Waals surface area contributed by atoms with Crippen LogP contribution in [0.5, 0.6) is 0 Å². The molecule has 4 heteroatoms. The zero-order valence-corrected chi connectivity index (χ0v) is 24.8. The van der Waals surface area contributed by atoms with E-state index in [2.05, 4.69) is 18.7 Å². The van der Waals surface area contributed by atoms with Gasteiger partial charge in [0.15, 0.2) is 0 Å². The summed E-state index contributed by atoms with van der Waals surface area (Å²) in [6, 6.07) is 0. The van der Waals surface area contributed by atoms with Crippen molar-refractivity contribution in [2.24, 2.45) is 0 Å². The standard InChI is InChI=1S/C32H67NO3/c1-3-5-7-9-11-13-15-17-19-21-23-25-27-33(32(29-34,30-35)31-36)28-26-24-22-20-18-16-14-12-10-8-6-4-2/h34-36H,3-31H2,1-2H3. The second kappa shape index (κ2) is 27.9. The summed E-state index contributed by atoms with van der Waals surface area (Å²) < 4.78 is 0. The Morgan fingerprint density at radius 1 is 0.361 bits per heavy atom. The lowest BCUT2D eigenvalue weighted by molar-refractivity contribution is -0.0491. The molecule has 0 aromatic heterocycles. The van der Waals surface area contributed by atoms with Gasteiger partial charge in [-0.15, -0.1) is 0 Å². The molecule has 218 valence electrons. The van der Waals surface area contributed by atoms with Crippen LogP contribution in [0.1, 0.15) is 168 Å². The van der Waals surface area contributed by atoms with E-state index in [0.29, 0.717) is 0 Å². The Balaban J connectivity index is 3.96. The average molecular weight is 514 g/mol. The van der Waals surface area contributed by atoms with Gasteiger partial charge >= 0.3 is 0 Å². The minimum Gasteiger partial charge on any atom is -0.394 e. The number of hydrogen-bond donors (Lipinski definition) is 3. The van der Waals surface area contributed by atoms with E-state index in [1.54, 1.807) is 0 Å². The second-order valence-corrected chi connectivity index (χ2v) is 11.5. The highest BCUT2D eigenvalue weighted by Crippen LogP contribution is 2.19. The minimum absolute atomic E-state index is 0.184. The normalized spacial score (nSPS) is 12.2. The molecule has 0 bridgehead atoms. The summed E-state index contributed by atoms with van der Waals surface area (Å²) >= 11 is 0. The Morgan fingerprint density at radius 3 is 0.806 bits per heavy atom. The summed E-state index contributed by atoms with van der Waals surface area (Å²) in [4.78, 5) is 2.18. The predicted octanol–water partition coefficient (Wildman–Crippen LogP) is 8.41. The Kier molecular flexibility index (Phi) is 27.7. The Morgan fingerprint density at radius 2 is 0.583 bits per heavy atom. The molecule has 4 nitrogen and oxygen atoms in total. The summed E-state index contributed by atoms with van der Waals surface area (Å²) in [6.07, 6.45) is 31.8. The lowest BCUT2D eigenvalue weighted by atomic mass is 9.98. The number of rotatable bonds is 30. The first-order valence-corrected chi connectivity index (χ1v) is 16.3. The molecule has 0 fully saturated rings. The fraction of sp³-hybridized carbons (Fsp3) is 1.00. The highest BCUT2D eigenvalue weighted by Gasteiger charge is 2.34. The van der Waals surface area contributed by atoms with Crippen LogP contribution in [0.15, 0.2) is 0 Å². The highest BCUT2D eigenvalue weighted by molar-refractivity contribution is 4.89. The van der Waals surface area contributed by atoms with Gasteiger partial charge in [0.05, 0.1) is 25.4 Å². The van der Waals surface area contributed by atoms with Crippen LogP contribution in [-0.2, 0) is 0 Å². The third kappa shape index (κ3) is 19.9. The maximum atomic E-state index is 9.97. The van der Waals surface area contributed by atoms with Crippen molar-refractivity contribution < 1.29 is 15.3 Å². The van der Waals surface area contributed by atoms with E-state index in [-0.39, 0.29) is 19.8 Å². The van der Waals surface area contributed by atoms with Gasteiger partial charge in [-0.1, -0.05) is 155 Å². The van der Waals surface area contributed by atoms with E-state index in [9.17, 15) is 15.3 Å². The molecule has 0 saturated heterocycles. The van der Waals surface area contributed by atoms with Crippen molar-refractivity contribution in [3.8, 4) is 0 Å². The quantitative estimate of drug-likeness (QED) is 0.0844. The third-order valence-corrected chi connectivity index (χ3v) is 8.12. The molecule has 0 unspecified atom stereocenters. The third-order valence-electron chi connectivity index (χ3n) is 8.12. The summed E-state index contributed by atoms with van der Waals surface area (Å²) in [5.74, 6) is 0. The number of aliphatic hydroxyl groups is 3. The zero-order chi connectivity index (χ0) is 26.6. The molecule has 0 aromatic carbocycles. The largest absolute Gasteiger partial charge is 0.394 e. The van der Waals surface area contributed by atoms with E-state index in [0.717, 1.165) is 25.9 Å². The summed E-state index contributed by atoms with van der Waals surface area (Å²) in [5.41, 5.74) is -0.879. The van der Waals surface area contributed by atoms with Crippen molar-refractivity contribution >= 4 is 0 Å². The van der Waals surface area contributed by atoms with Crippen LogP contribution in [0.2, 0.25) is 0 Å². The molecule has 0 aliphatic carbocycles. The van der Waals surface area contributed by atoms with Crippen LogP contribution in [0.4, 0.5) is 0 Å². The Hall–Kier alpha value is -0.160. The van der Waals surface area contributed by atoms with Crippen LogP contribution < -0.4 is 0 Å². The summed E-state index contributed by atoms with van der Waals surface area (Å²) in [5, 5.41) is 29.9. The molecule has 3 N–H and O–H groups in total. The van der Waals surface area contributed by atoms with Crippen molar-refractivity contribution in [1.82, 2.24) is 4.90 Å². The van der Waals surface area contributed by atoms with Crippen molar-refractivity contribution in [2.45, 2.75) is 173 Å². The van der Waals surface area contributed by atoms with Crippen molar-refractivity contribution in [3.05, 3.63) is 0 Å². The number of unbranched alkanes of at least 4 members (excludes halogenated alkanes) is 22. The molecule has 36 heavy (non-hydrogen) atoms. The van der Waals surface area contributed by atoms with Gasteiger partial charge in [-0.25, -0.2) is 0 Å². The molecule has 0 atom stereocenters. The first-order chi connectivity index (χ1) is 17.7. The molecule has 0 heterocycles. The van der Waals surface area contributed by atoms with Gasteiger partial charge < -0.3 is 15.3 Å². The first kappa shape index (κ1) is 35.8. The van der Waals surface area contributed by atoms with Crippen LogP contribution >= 0.6 is 0 Å². The van der Waals surface area contributed by atoms with Crippen LogP contribution in [0.3, 0.4) is 0 Å². The molecular formula is C32H67NO3. The fourth-order valence-corrected chi connectivity index (χ4v) is 5.32. The number of hydrogen-bond acceptors (Lipinski definition) is 4. The molecule has 0 spiro atoms. The van der Waals surface area contributed by atoms with Crippen molar-refractivity contribution in [2.75, 3.05) is 32.9 Å². The number of nitrogens with zero attached hydrogens (tertiary/aromatic N) is 1. The highest BCUT2D eigenvalue weighted by atomic mass is 16.3. The van der Waals surface area contributed by atoms with Gasteiger partial charge in [0.2, 0.25) is 0 Å². The van der Waals surface area contributed by atoms with E-state index >= 15 is 0 Å². The van der Waals surface area contributed by atoms with Gasteiger partial charge in [0, 0.05) is 0 Å². The van der Waals surface area contributed by atoms with Gasteiger partial charge in [-0.05, 0) is 25.9 Å². The van der Waals surface area contributed by atoms with E-state index in [1.165, 1.54) is 141 Å². The molecule has 0 saturated carbocycles. The maximum Gasteiger partial charge on any atom is 0.0906 e. The monoisotopic (exact) mass is 514 g/mol. The Labute approximate surface area is 226 Å². The van der Waals surface area contributed by atoms with E-state index in [4.69, 9.17) is 0 Å². The summed E-state index contributed by atoms with van der Waals surface area (Å²) in [7, 11) is 0. The van der Waals surface area contributed by atoms with Crippen LogP contribution in [-0.4, -0.2) is 58.7 Å². The SMILES string of the molecule is CCCCCCCCCCCCCCN(CCCCCCCCCCCCCC)C(CO)(CO)CO. The molecule has 0 aliphatic heterocycles. The summed E-state index contributed by atoms with van der Waals surface area (Å²) in [6.45, 7) is 5.71. The van der Waals surface area contributed by atoms with Crippen molar-refractivity contribution in [1.29, 1.82) is 0 Å². The lowest BCUT2D eigenvalue weighted by Gasteiger charge is -2.40. The molecule has 0 radical (unpaired) electrons. The first-order valence-electron chi connectivity index (χ1n) is 16.3. The number of aliphatic hydroxyl groups excluding tert-OH is 3. The van der Waals surface area contributed by atoms with E-state index < -0.39 is 5.54 Å². The predicted molar refractivity (Wildman–Crippen MR) is 158 cm³/mol. The van der Waals surface area contributed by atoms with Crippen molar-refractivity contribution in [3.63, 3.8) is 0 Å². The Bertz CT molecular complexity index is 378.